The van der Waals surface area contributed by atoms with Gasteiger partial charge in [0.05, 0.1) is 15.6 Å². The van der Waals surface area contributed by atoms with E-state index >= 15 is 0 Å². The summed E-state index contributed by atoms with van der Waals surface area (Å²) in [6.45, 7) is 0. The fourth-order valence-corrected chi connectivity index (χ4v) is 2.72. The summed E-state index contributed by atoms with van der Waals surface area (Å²) < 4.78 is 0. The molecule has 0 bridgehead atoms. The summed E-state index contributed by atoms with van der Waals surface area (Å²) in [5, 5.41) is 9.95. The van der Waals surface area contributed by atoms with E-state index in [-0.39, 0.29) is 0 Å². The molecule has 1 nitrogen and oxygen atoms in total. The van der Waals surface area contributed by atoms with Gasteiger partial charge < -0.3 is 0 Å². The van der Waals surface area contributed by atoms with Crippen LogP contribution in [0.5, 0.6) is 0 Å². The minimum absolute atomic E-state index is 0.463. The van der Waals surface area contributed by atoms with E-state index < -0.39 is 0 Å². The van der Waals surface area contributed by atoms with E-state index in [2.05, 4.69) is 0 Å². The lowest BCUT2D eigenvalue weighted by Crippen LogP contribution is -1.79. The van der Waals surface area contributed by atoms with Crippen molar-refractivity contribution in [2.45, 2.75) is 9.79 Å². The Morgan fingerprint density at radius 2 is 1.76 bits per heavy atom. The predicted molar refractivity (Wildman–Crippen MR) is 71.7 cm³/mol. The zero-order valence-corrected chi connectivity index (χ0v) is 11.0. The van der Waals surface area contributed by atoms with Crippen molar-refractivity contribution in [3.63, 3.8) is 0 Å². The van der Waals surface area contributed by atoms with Crippen LogP contribution in [0.4, 0.5) is 0 Å². The van der Waals surface area contributed by atoms with E-state index in [0.717, 1.165) is 9.79 Å². The van der Waals surface area contributed by atoms with Crippen LogP contribution >= 0.6 is 35.0 Å². The second-order valence-electron chi connectivity index (χ2n) is 3.29. The predicted octanol–water partition coefficient (Wildman–Crippen LogP) is 5.02. The van der Waals surface area contributed by atoms with Crippen molar-refractivity contribution in [2.24, 2.45) is 0 Å². The fraction of sp³-hybridized carbons (Fsp3) is 0. The van der Waals surface area contributed by atoms with E-state index in [1.54, 1.807) is 12.1 Å². The highest BCUT2D eigenvalue weighted by atomic mass is 35.5. The third kappa shape index (κ3) is 2.95. The molecule has 0 fully saturated rings. The number of rotatable bonds is 2. The molecule has 2 rings (SSSR count). The van der Waals surface area contributed by atoms with Crippen LogP contribution in [0.15, 0.2) is 52.3 Å². The molecule has 2 aromatic rings. The van der Waals surface area contributed by atoms with Crippen molar-refractivity contribution in [3.8, 4) is 6.07 Å². The highest BCUT2D eigenvalue weighted by Gasteiger charge is 2.05. The standard InChI is InChI=1S/C13H7Cl2NS/c14-11-3-1-2-4-13(11)17-10-6-5-9(8-16)12(15)7-10/h1-7H. The van der Waals surface area contributed by atoms with Crippen LogP contribution in [-0.2, 0) is 0 Å². The lowest BCUT2D eigenvalue weighted by atomic mass is 10.2. The molecule has 0 aliphatic carbocycles. The van der Waals surface area contributed by atoms with Crippen LogP contribution in [0.1, 0.15) is 5.56 Å². The molecule has 0 N–H and O–H groups in total. The fourth-order valence-electron chi connectivity index (χ4n) is 1.30. The summed E-state index contributed by atoms with van der Waals surface area (Å²) in [5.74, 6) is 0. The first kappa shape index (κ1) is 12.3. The molecule has 0 atom stereocenters. The van der Waals surface area contributed by atoms with Crippen LogP contribution in [0.2, 0.25) is 10.0 Å². The van der Waals surface area contributed by atoms with Gasteiger partial charge in [0.1, 0.15) is 6.07 Å². The van der Waals surface area contributed by atoms with Crippen LogP contribution < -0.4 is 0 Å². The van der Waals surface area contributed by atoms with Gasteiger partial charge in [0, 0.05) is 9.79 Å². The molecule has 17 heavy (non-hydrogen) atoms. The molecule has 2 aromatic carbocycles. The monoisotopic (exact) mass is 279 g/mol. The van der Waals surface area contributed by atoms with Gasteiger partial charge >= 0.3 is 0 Å². The largest absolute Gasteiger partial charge is 0.192 e. The van der Waals surface area contributed by atoms with Crippen molar-refractivity contribution >= 4 is 35.0 Å². The molecule has 0 heterocycles. The van der Waals surface area contributed by atoms with Gasteiger partial charge in [-0.05, 0) is 30.3 Å². The van der Waals surface area contributed by atoms with Gasteiger partial charge in [0.15, 0.2) is 0 Å². The van der Waals surface area contributed by atoms with Crippen molar-refractivity contribution in [3.05, 3.63) is 58.1 Å². The van der Waals surface area contributed by atoms with Gasteiger partial charge in [0.2, 0.25) is 0 Å². The zero-order valence-electron chi connectivity index (χ0n) is 8.65. The summed E-state index contributed by atoms with van der Waals surface area (Å²) >= 11 is 13.6. The third-order valence-corrected chi connectivity index (χ3v) is 3.95. The summed E-state index contributed by atoms with van der Waals surface area (Å²) in [6, 6.07) is 15.0. The van der Waals surface area contributed by atoms with Gasteiger partial charge in [-0.1, -0.05) is 47.1 Å². The van der Waals surface area contributed by atoms with E-state index in [4.69, 9.17) is 28.5 Å². The number of hydrogen-bond acceptors (Lipinski definition) is 2. The summed E-state index contributed by atoms with van der Waals surface area (Å²) in [6.07, 6.45) is 0. The lowest BCUT2D eigenvalue weighted by molar-refractivity contribution is 1.39. The maximum absolute atomic E-state index is 8.78. The highest BCUT2D eigenvalue weighted by molar-refractivity contribution is 7.99. The second-order valence-corrected chi connectivity index (χ2v) is 5.22. The van der Waals surface area contributed by atoms with Crippen molar-refractivity contribution in [1.82, 2.24) is 0 Å². The lowest BCUT2D eigenvalue weighted by Gasteiger charge is -2.04. The molecule has 0 aromatic heterocycles. The topological polar surface area (TPSA) is 23.8 Å². The molecule has 0 amide bonds. The van der Waals surface area contributed by atoms with E-state index in [1.165, 1.54) is 11.8 Å². The first-order valence-electron chi connectivity index (χ1n) is 4.83. The number of halogens is 2. The van der Waals surface area contributed by atoms with Gasteiger partial charge in [-0.25, -0.2) is 0 Å². The minimum Gasteiger partial charge on any atom is -0.192 e. The molecule has 0 radical (unpaired) electrons. The average molecular weight is 280 g/mol. The Labute approximate surface area is 114 Å². The molecule has 84 valence electrons. The third-order valence-electron chi connectivity index (χ3n) is 2.13. The highest BCUT2D eigenvalue weighted by Crippen LogP contribution is 2.34. The Morgan fingerprint density at radius 1 is 1.00 bits per heavy atom. The second kappa shape index (κ2) is 5.46. The van der Waals surface area contributed by atoms with Crippen LogP contribution in [-0.4, -0.2) is 0 Å². The SMILES string of the molecule is N#Cc1ccc(Sc2ccccc2Cl)cc1Cl. The number of hydrogen-bond donors (Lipinski definition) is 0. The van der Waals surface area contributed by atoms with Crippen LogP contribution in [0.3, 0.4) is 0 Å². The Hall–Kier alpha value is -1.14. The molecule has 0 spiro atoms. The minimum atomic E-state index is 0.463. The molecule has 0 saturated carbocycles. The Kier molecular flexibility index (Phi) is 3.96. The molecule has 0 aliphatic rings. The smallest absolute Gasteiger partial charge is 0.101 e. The van der Waals surface area contributed by atoms with Crippen molar-refractivity contribution in [2.75, 3.05) is 0 Å². The van der Waals surface area contributed by atoms with Gasteiger partial charge in [0.25, 0.3) is 0 Å². The normalized spacial score (nSPS) is 9.94. The average Bonchev–Trinajstić information content (AvgIpc) is 2.32. The van der Waals surface area contributed by atoms with E-state index in [1.807, 2.05) is 36.4 Å². The summed E-state index contributed by atoms with van der Waals surface area (Å²) in [4.78, 5) is 1.93. The molecule has 0 saturated heterocycles. The van der Waals surface area contributed by atoms with Crippen LogP contribution in [0, 0.1) is 11.3 Å². The van der Waals surface area contributed by atoms with E-state index in [9.17, 15) is 0 Å². The number of benzene rings is 2. The van der Waals surface area contributed by atoms with Crippen molar-refractivity contribution < 1.29 is 0 Å². The molecule has 0 unspecified atom stereocenters. The van der Waals surface area contributed by atoms with Gasteiger partial charge in [-0.15, -0.1) is 0 Å². The molecular formula is C13H7Cl2NS. The first-order chi connectivity index (χ1) is 8.20. The molecule has 4 heteroatoms. The summed E-state index contributed by atoms with van der Waals surface area (Å²) in [5.41, 5.74) is 0.482. The maximum Gasteiger partial charge on any atom is 0.101 e. The van der Waals surface area contributed by atoms with Gasteiger partial charge in [-0.2, -0.15) is 5.26 Å². The van der Waals surface area contributed by atoms with Crippen LogP contribution in [0.25, 0.3) is 0 Å². The Bertz CT molecular complexity index is 590. The van der Waals surface area contributed by atoms with Gasteiger partial charge in [-0.3, -0.25) is 0 Å². The number of nitrogens with zero attached hydrogens (tertiary/aromatic N) is 1. The number of nitriles is 1. The zero-order chi connectivity index (χ0) is 12.3. The van der Waals surface area contributed by atoms with E-state index in [0.29, 0.717) is 15.6 Å². The molecular weight excluding hydrogens is 273 g/mol. The quantitative estimate of drug-likeness (QED) is 0.771. The maximum atomic E-state index is 8.78. The first-order valence-corrected chi connectivity index (χ1v) is 6.40. The Morgan fingerprint density at radius 3 is 2.41 bits per heavy atom. The molecule has 0 aliphatic heterocycles. The summed E-state index contributed by atoms with van der Waals surface area (Å²) in [7, 11) is 0. The van der Waals surface area contributed by atoms with Crippen molar-refractivity contribution in [1.29, 1.82) is 5.26 Å². The Balaban J connectivity index is 2.29.